The first kappa shape index (κ1) is 15.8. The fraction of sp³-hybridized carbons (Fsp3) is 0.692. The Morgan fingerprint density at radius 3 is 3.05 bits per heavy atom. The molecule has 2 N–H and O–H groups in total. The van der Waals surface area contributed by atoms with Crippen molar-refractivity contribution in [2.24, 2.45) is 5.73 Å². The molecule has 1 saturated heterocycles. The normalized spacial score (nSPS) is 20.1. The number of hydrogen-bond donors (Lipinski definition) is 1. The second kappa shape index (κ2) is 7.40. The van der Waals surface area contributed by atoms with Gasteiger partial charge < -0.3 is 15.4 Å². The molecule has 2 heterocycles. The maximum atomic E-state index is 12.6. The molecule has 0 bridgehead atoms. The second-order valence-corrected chi connectivity index (χ2v) is 6.91. The van der Waals surface area contributed by atoms with Crippen LogP contribution in [0.3, 0.4) is 0 Å². The van der Waals surface area contributed by atoms with E-state index in [9.17, 15) is 4.79 Å². The fourth-order valence-electron chi connectivity index (χ4n) is 2.15. The average Bonchev–Trinajstić information content (AvgIpc) is 3.10. The second-order valence-electron chi connectivity index (χ2n) is 4.87. The van der Waals surface area contributed by atoms with Crippen molar-refractivity contribution in [3.63, 3.8) is 0 Å². The van der Waals surface area contributed by atoms with Gasteiger partial charge in [-0.25, -0.2) is 4.98 Å². The Hall–Kier alpha value is -0.630. The molecule has 5 nitrogen and oxygen atoms in total. The first-order chi connectivity index (χ1) is 9.63. The summed E-state index contributed by atoms with van der Waals surface area (Å²) < 4.78 is 5.12. The molecule has 1 fully saturated rings. The summed E-state index contributed by atoms with van der Waals surface area (Å²) in [6.45, 7) is 3.05. The number of carbonyl (C=O) groups is 1. The summed E-state index contributed by atoms with van der Waals surface area (Å²) in [5, 5.41) is 2.61. The Balaban J connectivity index is 2.11. The van der Waals surface area contributed by atoms with Crippen LogP contribution in [0.4, 0.5) is 0 Å². The van der Waals surface area contributed by atoms with Crippen molar-refractivity contribution in [1.29, 1.82) is 0 Å². The Labute approximate surface area is 127 Å². The van der Waals surface area contributed by atoms with Crippen molar-refractivity contribution in [1.82, 2.24) is 9.88 Å². The molecule has 1 amide bonds. The molecule has 0 saturated carbocycles. The lowest BCUT2D eigenvalue weighted by Crippen LogP contribution is -2.42. The zero-order valence-corrected chi connectivity index (χ0v) is 13.5. The van der Waals surface area contributed by atoms with Crippen LogP contribution in [0.25, 0.3) is 0 Å². The summed E-state index contributed by atoms with van der Waals surface area (Å²) in [6, 6.07) is 0.166. The van der Waals surface area contributed by atoms with Crippen molar-refractivity contribution in [3.05, 3.63) is 16.1 Å². The van der Waals surface area contributed by atoms with Gasteiger partial charge in [-0.3, -0.25) is 4.79 Å². The van der Waals surface area contributed by atoms with E-state index in [2.05, 4.69) is 4.98 Å². The molecule has 2 unspecified atom stereocenters. The van der Waals surface area contributed by atoms with Crippen molar-refractivity contribution < 1.29 is 9.53 Å². The van der Waals surface area contributed by atoms with Crippen molar-refractivity contribution in [2.75, 3.05) is 31.8 Å². The van der Waals surface area contributed by atoms with Crippen LogP contribution >= 0.6 is 23.1 Å². The van der Waals surface area contributed by atoms with Gasteiger partial charge in [0, 0.05) is 30.8 Å². The zero-order valence-electron chi connectivity index (χ0n) is 11.9. The van der Waals surface area contributed by atoms with Gasteiger partial charge in [-0.15, -0.1) is 11.3 Å². The number of rotatable bonds is 6. The molecule has 1 aromatic heterocycles. The molecular weight excluding hydrogens is 294 g/mol. The molecule has 0 spiro atoms. The number of thiazole rings is 1. The summed E-state index contributed by atoms with van der Waals surface area (Å²) in [7, 11) is 1.66. The van der Waals surface area contributed by atoms with Gasteiger partial charge in [0.05, 0.1) is 12.6 Å². The van der Waals surface area contributed by atoms with Gasteiger partial charge in [-0.05, 0) is 19.1 Å². The number of hydrogen-bond acceptors (Lipinski definition) is 6. The number of nitrogens with zero attached hydrogens (tertiary/aromatic N) is 2. The first-order valence-electron chi connectivity index (χ1n) is 6.72. The van der Waals surface area contributed by atoms with Gasteiger partial charge in [0.1, 0.15) is 10.7 Å². The quantitative estimate of drug-likeness (QED) is 0.866. The number of aromatic nitrogens is 1. The first-order valence-corrected chi connectivity index (χ1v) is 8.75. The third-order valence-corrected chi connectivity index (χ3v) is 5.46. The minimum absolute atomic E-state index is 0.00213. The third kappa shape index (κ3) is 3.72. The monoisotopic (exact) mass is 315 g/mol. The third-order valence-electron chi connectivity index (χ3n) is 3.27. The van der Waals surface area contributed by atoms with Crippen LogP contribution in [0.2, 0.25) is 0 Å². The topological polar surface area (TPSA) is 68.5 Å². The summed E-state index contributed by atoms with van der Waals surface area (Å²) in [6.07, 6.45) is 1.05. The van der Waals surface area contributed by atoms with Crippen molar-refractivity contribution in [2.45, 2.75) is 25.4 Å². The maximum absolute atomic E-state index is 12.6. The van der Waals surface area contributed by atoms with E-state index in [0.717, 1.165) is 22.9 Å². The number of methoxy groups -OCH3 is 1. The molecule has 0 aliphatic carbocycles. The van der Waals surface area contributed by atoms with E-state index in [1.807, 2.05) is 29.0 Å². The molecular formula is C13H21N3O2S2. The average molecular weight is 315 g/mol. The van der Waals surface area contributed by atoms with Crippen LogP contribution in [0.5, 0.6) is 0 Å². The van der Waals surface area contributed by atoms with Crippen LogP contribution in [0, 0.1) is 0 Å². The van der Waals surface area contributed by atoms with E-state index in [0.29, 0.717) is 24.9 Å². The lowest BCUT2D eigenvalue weighted by atomic mass is 10.2. The number of carbonyl (C=O) groups excluding carboxylic acids is 1. The minimum Gasteiger partial charge on any atom is -0.383 e. The van der Waals surface area contributed by atoms with Gasteiger partial charge in [0.15, 0.2) is 0 Å². The summed E-state index contributed by atoms with van der Waals surface area (Å²) in [5.74, 6) is 2.11. The van der Waals surface area contributed by atoms with E-state index < -0.39 is 0 Å². The SMILES string of the molecule is COCCN(C(=O)c1csc(C(C)N)n1)C1CCSC1. The van der Waals surface area contributed by atoms with E-state index in [-0.39, 0.29) is 11.9 Å². The molecule has 2 rings (SSSR count). The molecule has 20 heavy (non-hydrogen) atoms. The molecule has 2 atom stereocenters. The molecule has 7 heteroatoms. The molecule has 1 aliphatic rings. The molecule has 0 radical (unpaired) electrons. The predicted octanol–water partition coefficient (Wildman–Crippen LogP) is 1.76. The van der Waals surface area contributed by atoms with Crippen LogP contribution in [-0.4, -0.2) is 53.6 Å². The van der Waals surface area contributed by atoms with Crippen LogP contribution in [0.15, 0.2) is 5.38 Å². The van der Waals surface area contributed by atoms with Gasteiger partial charge in [0.2, 0.25) is 0 Å². The minimum atomic E-state index is -0.129. The van der Waals surface area contributed by atoms with E-state index in [4.69, 9.17) is 10.5 Å². The summed E-state index contributed by atoms with van der Waals surface area (Å²) in [4.78, 5) is 18.9. The Bertz CT molecular complexity index is 445. The van der Waals surface area contributed by atoms with E-state index >= 15 is 0 Å². The Morgan fingerprint density at radius 2 is 2.50 bits per heavy atom. The van der Waals surface area contributed by atoms with E-state index in [1.54, 1.807) is 7.11 Å². The number of thioether (sulfide) groups is 1. The Morgan fingerprint density at radius 1 is 1.70 bits per heavy atom. The highest BCUT2D eigenvalue weighted by molar-refractivity contribution is 7.99. The smallest absolute Gasteiger partial charge is 0.273 e. The van der Waals surface area contributed by atoms with Gasteiger partial charge in [0.25, 0.3) is 5.91 Å². The predicted molar refractivity (Wildman–Crippen MR) is 83.4 cm³/mol. The van der Waals surface area contributed by atoms with Crippen LogP contribution in [0.1, 0.15) is 34.9 Å². The highest BCUT2D eigenvalue weighted by Gasteiger charge is 2.29. The highest BCUT2D eigenvalue weighted by Crippen LogP contribution is 2.24. The maximum Gasteiger partial charge on any atom is 0.273 e. The lowest BCUT2D eigenvalue weighted by Gasteiger charge is -2.27. The molecule has 1 aliphatic heterocycles. The lowest BCUT2D eigenvalue weighted by molar-refractivity contribution is 0.0619. The number of nitrogens with two attached hydrogens (primary N) is 1. The van der Waals surface area contributed by atoms with Gasteiger partial charge >= 0.3 is 0 Å². The van der Waals surface area contributed by atoms with Crippen molar-refractivity contribution >= 4 is 29.0 Å². The summed E-state index contributed by atoms with van der Waals surface area (Å²) >= 11 is 3.34. The standard InChI is InChI=1S/C13H21N3O2S2/c1-9(14)12-15-11(8-20-12)13(17)16(4-5-18-2)10-3-6-19-7-10/h8-10H,3-7,14H2,1-2H3. The Kier molecular flexibility index (Phi) is 5.83. The van der Waals surface area contributed by atoms with E-state index in [1.165, 1.54) is 11.3 Å². The van der Waals surface area contributed by atoms with Crippen LogP contribution < -0.4 is 5.73 Å². The van der Waals surface area contributed by atoms with Gasteiger partial charge in [-0.1, -0.05) is 0 Å². The molecule has 1 aromatic rings. The largest absolute Gasteiger partial charge is 0.383 e. The molecule has 0 aromatic carbocycles. The molecule has 112 valence electrons. The highest BCUT2D eigenvalue weighted by atomic mass is 32.2. The zero-order chi connectivity index (χ0) is 14.5. The number of ether oxygens (including phenoxy) is 1. The van der Waals surface area contributed by atoms with Gasteiger partial charge in [-0.2, -0.15) is 11.8 Å². The summed E-state index contributed by atoms with van der Waals surface area (Å²) in [5.41, 5.74) is 6.31. The fourth-order valence-corrected chi connectivity index (χ4v) is 4.13. The van der Waals surface area contributed by atoms with Crippen molar-refractivity contribution in [3.8, 4) is 0 Å². The van der Waals surface area contributed by atoms with Crippen LogP contribution in [-0.2, 0) is 4.74 Å². The number of amides is 1.